The van der Waals surface area contributed by atoms with Crippen molar-refractivity contribution in [2.75, 3.05) is 13.1 Å². The van der Waals surface area contributed by atoms with Crippen LogP contribution in [0.25, 0.3) is 0 Å². The second kappa shape index (κ2) is 7.07. The van der Waals surface area contributed by atoms with Crippen molar-refractivity contribution in [3.63, 3.8) is 0 Å². The fraction of sp³-hybridized carbons (Fsp3) is 0.619. The molecule has 0 radical (unpaired) electrons. The molecule has 1 unspecified atom stereocenters. The van der Waals surface area contributed by atoms with E-state index in [-0.39, 0.29) is 6.09 Å². The highest BCUT2D eigenvalue weighted by atomic mass is 16.6. The second-order valence-corrected chi connectivity index (χ2v) is 8.45. The van der Waals surface area contributed by atoms with E-state index in [0.717, 1.165) is 12.8 Å². The van der Waals surface area contributed by atoms with Crippen LogP contribution >= 0.6 is 0 Å². The Balaban J connectivity index is 2.23. The zero-order chi connectivity index (χ0) is 18.8. The second-order valence-electron chi connectivity index (χ2n) is 8.45. The highest BCUT2D eigenvalue weighted by Gasteiger charge is 2.39. The molecule has 0 aliphatic carbocycles. The lowest BCUT2D eigenvalue weighted by Gasteiger charge is -2.39. The van der Waals surface area contributed by atoms with Crippen LogP contribution < -0.4 is 0 Å². The van der Waals surface area contributed by atoms with Gasteiger partial charge in [-0.15, -0.1) is 0 Å². The van der Waals surface area contributed by atoms with Crippen LogP contribution in [-0.4, -0.2) is 29.7 Å². The summed E-state index contributed by atoms with van der Waals surface area (Å²) < 4.78 is 5.51. The molecule has 1 heterocycles. The predicted molar refractivity (Wildman–Crippen MR) is 99.4 cm³/mol. The molecule has 0 spiro atoms. The van der Waals surface area contributed by atoms with E-state index in [1.54, 1.807) is 4.90 Å². The van der Waals surface area contributed by atoms with E-state index < -0.39 is 11.0 Å². The zero-order valence-corrected chi connectivity index (χ0v) is 16.4. The van der Waals surface area contributed by atoms with Crippen molar-refractivity contribution in [3.8, 4) is 6.07 Å². The zero-order valence-electron chi connectivity index (χ0n) is 16.4. The number of amides is 1. The number of nitrogens with zero attached hydrogens (tertiary/aromatic N) is 2. The van der Waals surface area contributed by atoms with Crippen LogP contribution in [0.15, 0.2) is 12.1 Å². The lowest BCUT2D eigenvalue weighted by atomic mass is 9.75. The van der Waals surface area contributed by atoms with Crippen molar-refractivity contribution in [2.24, 2.45) is 5.41 Å². The van der Waals surface area contributed by atoms with E-state index in [1.165, 1.54) is 22.3 Å². The van der Waals surface area contributed by atoms with Gasteiger partial charge in [0.1, 0.15) is 5.60 Å². The van der Waals surface area contributed by atoms with Gasteiger partial charge in [0.25, 0.3) is 0 Å². The summed E-state index contributed by atoms with van der Waals surface area (Å²) in [5.74, 6) is 0. The van der Waals surface area contributed by atoms with Crippen LogP contribution in [0, 0.1) is 37.5 Å². The van der Waals surface area contributed by atoms with Crippen molar-refractivity contribution in [1.82, 2.24) is 4.90 Å². The molecule has 1 aromatic rings. The summed E-state index contributed by atoms with van der Waals surface area (Å²) in [7, 11) is 0. The number of benzene rings is 1. The first-order valence-electron chi connectivity index (χ1n) is 9.01. The number of likely N-dealkylation sites (tertiary alicyclic amines) is 1. The normalized spacial score (nSPS) is 20.9. The molecular formula is C21H30N2O2. The van der Waals surface area contributed by atoms with Gasteiger partial charge in [0.2, 0.25) is 0 Å². The smallest absolute Gasteiger partial charge is 0.410 e. The van der Waals surface area contributed by atoms with Crippen LogP contribution in [0.4, 0.5) is 4.79 Å². The number of carbonyl (C=O) groups is 1. The number of ether oxygens (including phenoxy) is 1. The van der Waals surface area contributed by atoms with Crippen molar-refractivity contribution in [2.45, 2.75) is 66.4 Å². The lowest BCUT2D eigenvalue weighted by molar-refractivity contribution is 0.0111. The molecule has 1 aromatic carbocycles. The van der Waals surface area contributed by atoms with E-state index in [2.05, 4.69) is 39.0 Å². The summed E-state index contributed by atoms with van der Waals surface area (Å²) in [4.78, 5) is 14.1. The van der Waals surface area contributed by atoms with Crippen molar-refractivity contribution >= 4 is 6.09 Å². The van der Waals surface area contributed by atoms with Gasteiger partial charge in [-0.3, -0.25) is 0 Å². The number of rotatable bonds is 2. The maximum atomic E-state index is 12.4. The molecule has 0 bridgehead atoms. The monoisotopic (exact) mass is 342 g/mol. The average molecular weight is 342 g/mol. The third-order valence-electron chi connectivity index (χ3n) is 4.82. The Morgan fingerprint density at radius 1 is 1.28 bits per heavy atom. The van der Waals surface area contributed by atoms with Crippen molar-refractivity contribution in [3.05, 3.63) is 34.4 Å². The van der Waals surface area contributed by atoms with Gasteiger partial charge in [0.05, 0.1) is 11.5 Å². The van der Waals surface area contributed by atoms with Gasteiger partial charge in [0, 0.05) is 13.1 Å². The Morgan fingerprint density at radius 2 is 1.88 bits per heavy atom. The molecule has 1 fully saturated rings. The average Bonchev–Trinajstić information content (AvgIpc) is 2.49. The minimum atomic E-state index is -0.542. The highest BCUT2D eigenvalue weighted by Crippen LogP contribution is 2.35. The summed E-state index contributed by atoms with van der Waals surface area (Å²) in [5, 5.41) is 9.94. The molecule has 4 heteroatoms. The minimum absolute atomic E-state index is 0.316. The summed E-state index contributed by atoms with van der Waals surface area (Å²) in [6, 6.07) is 6.87. The number of carbonyl (C=O) groups excluding carboxylic acids is 1. The Bertz CT molecular complexity index is 674. The summed E-state index contributed by atoms with van der Waals surface area (Å²) in [6.45, 7) is 13.0. The molecule has 1 aliphatic rings. The molecule has 2 rings (SSSR count). The number of aryl methyl sites for hydroxylation is 3. The molecule has 1 saturated heterocycles. The third-order valence-corrected chi connectivity index (χ3v) is 4.82. The fourth-order valence-electron chi connectivity index (χ4n) is 3.72. The third kappa shape index (κ3) is 4.75. The number of hydrogen-bond acceptors (Lipinski definition) is 3. The Kier molecular flexibility index (Phi) is 5.46. The quantitative estimate of drug-likeness (QED) is 0.783. The standard InChI is InChI=1S/C21H30N2O2/c1-15-10-16(2)18(17(3)11-15)12-21(13-22)8-7-9-23(14-21)19(24)25-20(4,5)6/h10-11H,7-9,12,14H2,1-6H3. The largest absolute Gasteiger partial charge is 0.444 e. The topological polar surface area (TPSA) is 53.3 Å². The van der Waals surface area contributed by atoms with Crippen LogP contribution in [0.1, 0.15) is 55.9 Å². The highest BCUT2D eigenvalue weighted by molar-refractivity contribution is 5.68. The molecule has 0 saturated carbocycles. The van der Waals surface area contributed by atoms with Gasteiger partial charge < -0.3 is 9.64 Å². The minimum Gasteiger partial charge on any atom is -0.444 e. The maximum absolute atomic E-state index is 12.4. The molecule has 1 amide bonds. The van der Waals surface area contributed by atoms with E-state index in [4.69, 9.17) is 4.74 Å². The number of hydrogen-bond donors (Lipinski definition) is 0. The SMILES string of the molecule is Cc1cc(C)c(CC2(C#N)CCCN(C(=O)OC(C)(C)C)C2)c(C)c1. The van der Waals surface area contributed by atoms with E-state index in [9.17, 15) is 10.1 Å². The van der Waals surface area contributed by atoms with E-state index in [0.29, 0.717) is 19.5 Å². The predicted octanol–water partition coefficient (Wildman–Crippen LogP) is 4.70. The van der Waals surface area contributed by atoms with Crippen molar-refractivity contribution in [1.29, 1.82) is 5.26 Å². The molecule has 1 atom stereocenters. The Labute approximate surface area is 151 Å². The number of nitriles is 1. The first kappa shape index (κ1) is 19.3. The van der Waals surface area contributed by atoms with Gasteiger partial charge >= 0.3 is 6.09 Å². The lowest BCUT2D eigenvalue weighted by Crippen LogP contribution is -2.48. The van der Waals surface area contributed by atoms with Gasteiger partial charge in [-0.25, -0.2) is 4.79 Å². The van der Waals surface area contributed by atoms with Crippen molar-refractivity contribution < 1.29 is 9.53 Å². The van der Waals surface area contributed by atoms with Gasteiger partial charge in [-0.1, -0.05) is 17.7 Å². The van der Waals surface area contributed by atoms with E-state index >= 15 is 0 Å². The Morgan fingerprint density at radius 3 is 2.40 bits per heavy atom. The molecule has 136 valence electrons. The molecule has 25 heavy (non-hydrogen) atoms. The molecular weight excluding hydrogens is 312 g/mol. The first-order chi connectivity index (χ1) is 11.6. The van der Waals surface area contributed by atoms with Crippen LogP contribution in [0.5, 0.6) is 0 Å². The van der Waals surface area contributed by atoms with Gasteiger partial charge in [-0.2, -0.15) is 5.26 Å². The summed E-state index contributed by atoms with van der Waals surface area (Å²) in [5.41, 5.74) is 3.86. The maximum Gasteiger partial charge on any atom is 0.410 e. The van der Waals surface area contributed by atoms with E-state index in [1.807, 2.05) is 20.8 Å². The van der Waals surface area contributed by atoms with Crippen LogP contribution in [-0.2, 0) is 11.2 Å². The van der Waals surface area contributed by atoms with Crippen LogP contribution in [0.2, 0.25) is 0 Å². The molecule has 0 N–H and O–H groups in total. The fourth-order valence-corrected chi connectivity index (χ4v) is 3.72. The summed E-state index contributed by atoms with van der Waals surface area (Å²) in [6.07, 6.45) is 2.01. The summed E-state index contributed by atoms with van der Waals surface area (Å²) >= 11 is 0. The molecule has 0 aromatic heterocycles. The van der Waals surface area contributed by atoms with Gasteiger partial charge in [-0.05, 0) is 77.5 Å². The van der Waals surface area contributed by atoms with Gasteiger partial charge in [0.15, 0.2) is 0 Å². The van der Waals surface area contributed by atoms with Crippen LogP contribution in [0.3, 0.4) is 0 Å². The molecule has 1 aliphatic heterocycles. The first-order valence-corrected chi connectivity index (χ1v) is 9.01. The Hall–Kier alpha value is -2.02. The number of piperidine rings is 1. The molecule has 4 nitrogen and oxygen atoms in total.